The van der Waals surface area contributed by atoms with Gasteiger partial charge in [-0.25, -0.2) is 0 Å². The second kappa shape index (κ2) is 7.63. The van der Waals surface area contributed by atoms with Crippen LogP contribution in [0.15, 0.2) is 40.7 Å². The van der Waals surface area contributed by atoms with Crippen LogP contribution in [-0.2, 0) is 11.8 Å². The number of nitriles is 1. The van der Waals surface area contributed by atoms with E-state index in [1.165, 1.54) is 16.2 Å². The number of rotatable bonds is 3. The molecule has 1 aromatic carbocycles. The van der Waals surface area contributed by atoms with Gasteiger partial charge >= 0.3 is 0 Å². The van der Waals surface area contributed by atoms with Crippen LogP contribution in [0.4, 0.5) is 5.69 Å². The lowest BCUT2D eigenvalue weighted by Crippen LogP contribution is -2.45. The zero-order valence-corrected chi connectivity index (χ0v) is 15.2. The molecule has 1 fully saturated rings. The van der Waals surface area contributed by atoms with Crippen molar-refractivity contribution in [2.75, 3.05) is 18.0 Å². The van der Waals surface area contributed by atoms with Gasteiger partial charge in [-0.1, -0.05) is 29.8 Å². The number of anilines is 1. The highest BCUT2D eigenvalue weighted by Crippen LogP contribution is 2.30. The Labute approximate surface area is 156 Å². The number of amides is 1. The molecule has 0 unspecified atom stereocenters. The minimum absolute atomic E-state index is 0.0509. The van der Waals surface area contributed by atoms with E-state index in [1.54, 1.807) is 7.05 Å². The van der Waals surface area contributed by atoms with Crippen LogP contribution in [0.2, 0.25) is 0 Å². The van der Waals surface area contributed by atoms with Crippen LogP contribution in [0, 0.1) is 11.3 Å². The van der Waals surface area contributed by atoms with Crippen LogP contribution in [0.1, 0.15) is 18.4 Å². The van der Waals surface area contributed by atoms with Gasteiger partial charge in [-0.15, -0.1) is 0 Å². The highest BCUT2D eigenvalue weighted by atomic mass is 35.5. The van der Waals surface area contributed by atoms with Gasteiger partial charge in [0.05, 0.1) is 11.2 Å². The second-order valence-electron chi connectivity index (χ2n) is 6.28. The van der Waals surface area contributed by atoms with Crippen molar-refractivity contribution in [3.05, 3.63) is 51.8 Å². The molecule has 134 valence electrons. The summed E-state index contributed by atoms with van der Waals surface area (Å²) < 4.78 is 1.52. The van der Waals surface area contributed by atoms with E-state index in [9.17, 15) is 14.9 Å². The quantitative estimate of drug-likeness (QED) is 0.840. The van der Waals surface area contributed by atoms with Crippen molar-refractivity contribution >= 4 is 34.1 Å². The van der Waals surface area contributed by atoms with Crippen molar-refractivity contribution in [2.24, 2.45) is 7.05 Å². The topological polar surface area (TPSA) is 78.1 Å². The highest BCUT2D eigenvalue weighted by Gasteiger charge is 2.25. The molecule has 7 heteroatoms. The van der Waals surface area contributed by atoms with Gasteiger partial charge in [0.2, 0.25) is 5.91 Å². The summed E-state index contributed by atoms with van der Waals surface area (Å²) in [6.07, 6.45) is 2.75. The van der Waals surface area contributed by atoms with Crippen LogP contribution < -0.4 is 15.8 Å². The Bertz CT molecular complexity index is 966. The molecule has 2 heterocycles. The summed E-state index contributed by atoms with van der Waals surface area (Å²) in [4.78, 5) is 26.3. The van der Waals surface area contributed by atoms with Crippen molar-refractivity contribution in [3.8, 4) is 6.07 Å². The SMILES string of the molecule is Cn1c(=O)c(C#N)c(N2CCC(NC(=O)C=CCl)CC2)c2ccccc21. The van der Waals surface area contributed by atoms with E-state index in [4.69, 9.17) is 11.6 Å². The number of fused-ring (bicyclic) bond motifs is 1. The fraction of sp³-hybridized carbons (Fsp3) is 0.316. The molecule has 0 spiro atoms. The molecule has 0 bridgehead atoms. The monoisotopic (exact) mass is 370 g/mol. The summed E-state index contributed by atoms with van der Waals surface area (Å²) >= 11 is 5.42. The molecule has 1 saturated heterocycles. The molecule has 6 nitrogen and oxygen atoms in total. The van der Waals surface area contributed by atoms with Crippen LogP contribution >= 0.6 is 11.6 Å². The van der Waals surface area contributed by atoms with Crippen LogP contribution in [-0.4, -0.2) is 29.6 Å². The van der Waals surface area contributed by atoms with E-state index in [0.29, 0.717) is 18.8 Å². The van der Waals surface area contributed by atoms with E-state index in [-0.39, 0.29) is 23.1 Å². The molecular weight excluding hydrogens is 352 g/mol. The molecule has 1 aliphatic heterocycles. The minimum Gasteiger partial charge on any atom is -0.370 e. The van der Waals surface area contributed by atoms with Crippen molar-refractivity contribution < 1.29 is 4.79 Å². The lowest BCUT2D eigenvalue weighted by Gasteiger charge is -2.35. The predicted octanol–water partition coefficient (Wildman–Crippen LogP) is 2.25. The molecule has 0 saturated carbocycles. The molecule has 26 heavy (non-hydrogen) atoms. The average molecular weight is 371 g/mol. The Balaban J connectivity index is 1.93. The molecular formula is C19H19ClN4O2. The van der Waals surface area contributed by atoms with E-state index in [1.807, 2.05) is 24.3 Å². The van der Waals surface area contributed by atoms with E-state index in [2.05, 4.69) is 16.3 Å². The molecule has 0 aliphatic carbocycles. The van der Waals surface area contributed by atoms with Crippen molar-refractivity contribution in [1.29, 1.82) is 5.26 Å². The Morgan fingerprint density at radius 3 is 2.69 bits per heavy atom. The smallest absolute Gasteiger partial charge is 0.270 e. The van der Waals surface area contributed by atoms with Crippen molar-refractivity contribution in [2.45, 2.75) is 18.9 Å². The Hall–Kier alpha value is -2.78. The normalized spacial score (nSPS) is 15.3. The Kier molecular flexibility index (Phi) is 5.29. The first-order valence-corrected chi connectivity index (χ1v) is 8.84. The van der Waals surface area contributed by atoms with Crippen molar-refractivity contribution in [1.82, 2.24) is 9.88 Å². The summed E-state index contributed by atoms with van der Waals surface area (Å²) in [5.41, 5.74) is 2.56. The van der Waals surface area contributed by atoms with Gasteiger partial charge in [0.25, 0.3) is 5.56 Å². The Morgan fingerprint density at radius 2 is 2.04 bits per heavy atom. The number of nitrogens with one attached hydrogen (secondary N) is 1. The number of nitrogens with zero attached hydrogens (tertiary/aromatic N) is 3. The fourth-order valence-electron chi connectivity index (χ4n) is 3.46. The summed E-state index contributed by atoms with van der Waals surface area (Å²) in [6.45, 7) is 1.31. The number of carbonyl (C=O) groups is 1. The Morgan fingerprint density at radius 1 is 1.35 bits per heavy atom. The van der Waals surface area contributed by atoms with Gasteiger partial charge in [-0.05, 0) is 18.9 Å². The number of aryl methyl sites for hydroxylation is 1. The summed E-state index contributed by atoms with van der Waals surface area (Å²) in [6, 6.07) is 9.74. The fourth-order valence-corrected chi connectivity index (χ4v) is 3.58. The summed E-state index contributed by atoms with van der Waals surface area (Å²) in [5, 5.41) is 13.4. The zero-order chi connectivity index (χ0) is 18.7. The van der Waals surface area contributed by atoms with E-state index >= 15 is 0 Å². The number of benzene rings is 1. The molecule has 2 aromatic rings. The number of para-hydroxylation sites is 1. The zero-order valence-electron chi connectivity index (χ0n) is 14.4. The highest BCUT2D eigenvalue weighted by molar-refractivity contribution is 6.26. The maximum atomic E-state index is 12.6. The maximum absolute atomic E-state index is 12.6. The second-order valence-corrected chi connectivity index (χ2v) is 6.53. The molecule has 3 rings (SSSR count). The number of carbonyl (C=O) groups excluding carboxylic acids is 1. The molecule has 1 aliphatic rings. The molecule has 0 atom stereocenters. The first-order valence-electron chi connectivity index (χ1n) is 8.41. The molecule has 1 amide bonds. The number of halogens is 1. The van der Waals surface area contributed by atoms with Crippen LogP contribution in [0.3, 0.4) is 0 Å². The lowest BCUT2D eigenvalue weighted by atomic mass is 10.0. The standard InChI is InChI=1S/C19H19ClN4O2/c1-23-16-5-3-2-4-14(16)18(15(12-21)19(23)26)24-10-7-13(8-11-24)22-17(25)6-9-20/h2-6,9,13H,7-8,10-11H2,1H3,(H,22,25). The van der Waals surface area contributed by atoms with Gasteiger partial charge in [-0.2, -0.15) is 5.26 Å². The summed E-state index contributed by atoms with van der Waals surface area (Å²) in [5.74, 6) is -0.213. The van der Waals surface area contributed by atoms with Gasteiger partial charge < -0.3 is 14.8 Å². The van der Waals surface area contributed by atoms with E-state index < -0.39 is 0 Å². The first kappa shape index (κ1) is 18.0. The molecule has 0 radical (unpaired) electrons. The third-order valence-corrected chi connectivity index (χ3v) is 4.89. The number of hydrogen-bond donors (Lipinski definition) is 1. The number of piperidine rings is 1. The molecule has 1 aromatic heterocycles. The lowest BCUT2D eigenvalue weighted by molar-refractivity contribution is -0.117. The van der Waals surface area contributed by atoms with Crippen molar-refractivity contribution in [3.63, 3.8) is 0 Å². The maximum Gasteiger partial charge on any atom is 0.270 e. The largest absolute Gasteiger partial charge is 0.370 e. The van der Waals surface area contributed by atoms with Crippen LogP contribution in [0.25, 0.3) is 10.9 Å². The van der Waals surface area contributed by atoms with Crippen LogP contribution in [0.5, 0.6) is 0 Å². The van der Waals surface area contributed by atoms with Gasteiger partial charge in [-0.3, -0.25) is 9.59 Å². The number of aromatic nitrogens is 1. The predicted molar refractivity (Wildman–Crippen MR) is 102 cm³/mol. The molecule has 1 N–H and O–H groups in total. The van der Waals surface area contributed by atoms with Gasteiger partial charge in [0.1, 0.15) is 11.6 Å². The number of hydrogen-bond acceptors (Lipinski definition) is 4. The van der Waals surface area contributed by atoms with Gasteiger partial charge in [0, 0.05) is 43.2 Å². The third-order valence-electron chi connectivity index (χ3n) is 4.76. The minimum atomic E-state index is -0.288. The first-order chi connectivity index (χ1) is 12.6. The van der Waals surface area contributed by atoms with E-state index in [0.717, 1.165) is 23.7 Å². The number of pyridine rings is 1. The third kappa shape index (κ3) is 3.31. The average Bonchev–Trinajstić information content (AvgIpc) is 2.65. The van der Waals surface area contributed by atoms with Gasteiger partial charge in [0.15, 0.2) is 0 Å². The summed E-state index contributed by atoms with van der Waals surface area (Å²) in [7, 11) is 1.68.